The summed E-state index contributed by atoms with van der Waals surface area (Å²) in [5.74, 6) is 1.92. The van der Waals surface area contributed by atoms with Crippen molar-refractivity contribution >= 4 is 0 Å². The lowest BCUT2D eigenvalue weighted by Crippen LogP contribution is -2.47. The first-order valence-electron chi connectivity index (χ1n) is 7.02. The summed E-state index contributed by atoms with van der Waals surface area (Å²) in [6, 6.07) is 0. The molecule has 0 amide bonds. The van der Waals surface area contributed by atoms with Gasteiger partial charge in [0.1, 0.15) is 0 Å². The van der Waals surface area contributed by atoms with Crippen LogP contribution in [0.25, 0.3) is 0 Å². The Morgan fingerprint density at radius 3 is 2.73 bits per heavy atom. The van der Waals surface area contributed by atoms with E-state index < -0.39 is 0 Å². The van der Waals surface area contributed by atoms with Crippen molar-refractivity contribution in [1.82, 2.24) is 5.32 Å². The van der Waals surface area contributed by atoms with E-state index in [9.17, 15) is 0 Å². The summed E-state index contributed by atoms with van der Waals surface area (Å²) in [6.07, 6.45) is 11.5. The van der Waals surface area contributed by atoms with Crippen LogP contribution < -0.4 is 5.32 Å². The second-order valence-electron chi connectivity index (χ2n) is 5.89. The minimum absolute atomic E-state index is 0.548. The molecule has 1 heteroatoms. The highest BCUT2D eigenvalue weighted by Gasteiger charge is 2.44. The van der Waals surface area contributed by atoms with Gasteiger partial charge >= 0.3 is 0 Å². The Morgan fingerprint density at radius 1 is 1.27 bits per heavy atom. The highest BCUT2D eigenvalue weighted by Crippen LogP contribution is 2.46. The van der Waals surface area contributed by atoms with Crippen molar-refractivity contribution in [1.29, 1.82) is 0 Å². The maximum Gasteiger partial charge on any atom is 0.0212 e. The molecule has 1 heterocycles. The summed E-state index contributed by atoms with van der Waals surface area (Å²) in [5.41, 5.74) is 0.548. The van der Waals surface area contributed by atoms with E-state index in [0.717, 1.165) is 11.8 Å². The Hall–Kier alpha value is -0.0400. The van der Waals surface area contributed by atoms with Crippen LogP contribution in [0.15, 0.2) is 0 Å². The Kier molecular flexibility index (Phi) is 3.71. The molecule has 2 fully saturated rings. The van der Waals surface area contributed by atoms with Gasteiger partial charge in [-0.2, -0.15) is 0 Å². The molecule has 1 saturated carbocycles. The molecular formula is C14H27N. The molecule has 15 heavy (non-hydrogen) atoms. The van der Waals surface area contributed by atoms with E-state index in [-0.39, 0.29) is 0 Å². The molecule has 88 valence electrons. The first kappa shape index (κ1) is 11.4. The third kappa shape index (κ3) is 2.75. The molecule has 2 aliphatic rings. The van der Waals surface area contributed by atoms with E-state index in [1.54, 1.807) is 0 Å². The average molecular weight is 209 g/mol. The Balaban J connectivity index is 2.00. The van der Waals surface area contributed by atoms with Crippen LogP contribution in [-0.4, -0.2) is 12.1 Å². The van der Waals surface area contributed by atoms with Crippen LogP contribution in [0.3, 0.4) is 0 Å². The van der Waals surface area contributed by atoms with Gasteiger partial charge in [0.15, 0.2) is 0 Å². The molecule has 1 nitrogen and oxygen atoms in total. The molecule has 2 atom stereocenters. The molecule has 0 aromatic carbocycles. The number of hydrogen-bond acceptors (Lipinski definition) is 1. The van der Waals surface area contributed by atoms with Crippen molar-refractivity contribution in [3.8, 4) is 0 Å². The van der Waals surface area contributed by atoms with Gasteiger partial charge in [-0.15, -0.1) is 0 Å². The SMILES string of the molecule is CCC(C)CC1(C2CC2)CCCCCN1. The molecule has 0 bridgehead atoms. The van der Waals surface area contributed by atoms with Gasteiger partial charge in [-0.05, 0) is 50.5 Å². The fourth-order valence-electron chi connectivity index (χ4n) is 3.26. The summed E-state index contributed by atoms with van der Waals surface area (Å²) in [4.78, 5) is 0. The molecule has 2 rings (SSSR count). The summed E-state index contributed by atoms with van der Waals surface area (Å²) >= 11 is 0. The van der Waals surface area contributed by atoms with Gasteiger partial charge < -0.3 is 5.32 Å². The molecule has 0 aromatic rings. The first-order valence-corrected chi connectivity index (χ1v) is 7.02. The summed E-state index contributed by atoms with van der Waals surface area (Å²) in [5, 5.41) is 3.92. The van der Waals surface area contributed by atoms with Gasteiger partial charge in [0, 0.05) is 5.54 Å². The van der Waals surface area contributed by atoms with Gasteiger partial charge in [-0.1, -0.05) is 33.1 Å². The average Bonchev–Trinajstić information content (AvgIpc) is 3.04. The number of rotatable bonds is 4. The monoisotopic (exact) mass is 209 g/mol. The molecule has 0 spiro atoms. The Bertz CT molecular complexity index is 188. The van der Waals surface area contributed by atoms with E-state index in [0.29, 0.717) is 5.54 Å². The van der Waals surface area contributed by atoms with Crippen LogP contribution in [0, 0.1) is 11.8 Å². The molecule has 1 N–H and O–H groups in total. The zero-order valence-electron chi connectivity index (χ0n) is 10.5. The third-order valence-electron chi connectivity index (χ3n) is 4.55. The van der Waals surface area contributed by atoms with Crippen molar-refractivity contribution in [2.75, 3.05) is 6.54 Å². The van der Waals surface area contributed by atoms with Gasteiger partial charge in [0.05, 0.1) is 0 Å². The van der Waals surface area contributed by atoms with E-state index in [2.05, 4.69) is 19.2 Å². The molecule has 1 saturated heterocycles. The molecule has 2 unspecified atom stereocenters. The van der Waals surface area contributed by atoms with Crippen LogP contribution in [-0.2, 0) is 0 Å². The summed E-state index contributed by atoms with van der Waals surface area (Å²) in [6.45, 7) is 6.03. The zero-order valence-corrected chi connectivity index (χ0v) is 10.5. The third-order valence-corrected chi connectivity index (χ3v) is 4.55. The second kappa shape index (κ2) is 4.86. The van der Waals surface area contributed by atoms with Crippen LogP contribution in [0.1, 0.15) is 65.2 Å². The first-order chi connectivity index (χ1) is 7.27. The summed E-state index contributed by atoms with van der Waals surface area (Å²) in [7, 11) is 0. The molecule has 0 radical (unpaired) electrons. The summed E-state index contributed by atoms with van der Waals surface area (Å²) < 4.78 is 0. The quantitative estimate of drug-likeness (QED) is 0.744. The second-order valence-corrected chi connectivity index (χ2v) is 5.89. The molecular weight excluding hydrogens is 182 g/mol. The van der Waals surface area contributed by atoms with E-state index in [1.807, 2.05) is 0 Å². The van der Waals surface area contributed by atoms with Crippen molar-refractivity contribution in [3.63, 3.8) is 0 Å². The Morgan fingerprint density at radius 2 is 2.07 bits per heavy atom. The number of nitrogens with one attached hydrogen (secondary N) is 1. The fourth-order valence-corrected chi connectivity index (χ4v) is 3.26. The maximum absolute atomic E-state index is 3.92. The van der Waals surface area contributed by atoms with Crippen molar-refractivity contribution in [3.05, 3.63) is 0 Å². The van der Waals surface area contributed by atoms with Crippen molar-refractivity contribution < 1.29 is 0 Å². The minimum atomic E-state index is 0.548. The van der Waals surface area contributed by atoms with Crippen LogP contribution in [0.2, 0.25) is 0 Å². The van der Waals surface area contributed by atoms with Gasteiger partial charge in [0.25, 0.3) is 0 Å². The lowest BCUT2D eigenvalue weighted by molar-refractivity contribution is 0.216. The van der Waals surface area contributed by atoms with E-state index in [4.69, 9.17) is 0 Å². The lowest BCUT2D eigenvalue weighted by atomic mass is 9.79. The predicted molar refractivity (Wildman–Crippen MR) is 66.0 cm³/mol. The standard InChI is InChI=1S/C14H27N/c1-3-12(2)11-14(13-7-8-13)9-5-4-6-10-15-14/h12-13,15H,3-11H2,1-2H3. The van der Waals surface area contributed by atoms with E-state index >= 15 is 0 Å². The Labute approximate surface area is 95.0 Å². The van der Waals surface area contributed by atoms with E-state index in [1.165, 1.54) is 57.9 Å². The molecule has 0 aromatic heterocycles. The maximum atomic E-state index is 3.92. The van der Waals surface area contributed by atoms with Crippen LogP contribution in [0.5, 0.6) is 0 Å². The normalized spacial score (nSPS) is 34.8. The van der Waals surface area contributed by atoms with Crippen LogP contribution >= 0.6 is 0 Å². The fraction of sp³-hybridized carbons (Fsp3) is 1.00. The van der Waals surface area contributed by atoms with Crippen molar-refractivity contribution in [2.24, 2.45) is 11.8 Å². The molecule has 1 aliphatic heterocycles. The van der Waals surface area contributed by atoms with Gasteiger partial charge in [-0.25, -0.2) is 0 Å². The predicted octanol–water partition coefficient (Wildman–Crippen LogP) is 3.74. The smallest absolute Gasteiger partial charge is 0.0212 e. The highest BCUT2D eigenvalue weighted by molar-refractivity contribution is 5.02. The lowest BCUT2D eigenvalue weighted by Gasteiger charge is -2.36. The zero-order chi connectivity index (χ0) is 10.7. The van der Waals surface area contributed by atoms with Gasteiger partial charge in [-0.3, -0.25) is 0 Å². The van der Waals surface area contributed by atoms with Gasteiger partial charge in [0.2, 0.25) is 0 Å². The van der Waals surface area contributed by atoms with Crippen molar-refractivity contribution in [2.45, 2.75) is 70.8 Å². The topological polar surface area (TPSA) is 12.0 Å². The largest absolute Gasteiger partial charge is 0.311 e. The molecule has 1 aliphatic carbocycles. The number of hydrogen-bond donors (Lipinski definition) is 1. The van der Waals surface area contributed by atoms with Crippen LogP contribution in [0.4, 0.5) is 0 Å². The highest BCUT2D eigenvalue weighted by atomic mass is 15.0. The minimum Gasteiger partial charge on any atom is -0.311 e.